The van der Waals surface area contributed by atoms with E-state index < -0.39 is 0 Å². The number of hydrogen-bond donors (Lipinski definition) is 2. The van der Waals surface area contributed by atoms with Crippen LogP contribution in [0.1, 0.15) is 69.8 Å². The number of aryl methyl sites for hydroxylation is 1. The summed E-state index contributed by atoms with van der Waals surface area (Å²) in [7, 11) is 0. The summed E-state index contributed by atoms with van der Waals surface area (Å²) in [5.41, 5.74) is 13.4. The van der Waals surface area contributed by atoms with Crippen molar-refractivity contribution in [2.24, 2.45) is 5.73 Å². The van der Waals surface area contributed by atoms with E-state index in [4.69, 9.17) is 11.5 Å². The van der Waals surface area contributed by atoms with Crippen LogP contribution in [0.5, 0.6) is 0 Å². The zero-order valence-electron chi connectivity index (χ0n) is 12.9. The third kappa shape index (κ3) is 8.98. The normalized spacial score (nSPS) is 10.8. The minimum Gasteiger partial charge on any atom is -0.399 e. The molecule has 2 nitrogen and oxygen atoms in total. The lowest BCUT2D eigenvalue weighted by Gasteiger charge is -2.03. The van der Waals surface area contributed by atoms with Crippen LogP contribution in [0.2, 0.25) is 0 Å². The van der Waals surface area contributed by atoms with Crippen LogP contribution in [0.25, 0.3) is 0 Å². The zero-order valence-corrected chi connectivity index (χ0v) is 12.9. The Labute approximate surface area is 124 Å². The summed E-state index contributed by atoms with van der Waals surface area (Å²) in [6.45, 7) is 0.855. The molecule has 0 bridgehead atoms. The fourth-order valence-electron chi connectivity index (χ4n) is 2.57. The minimum atomic E-state index is 0.855. The Morgan fingerprint density at radius 2 is 1.05 bits per heavy atom. The van der Waals surface area contributed by atoms with Crippen molar-refractivity contribution in [2.75, 3.05) is 12.3 Å². The fraction of sp³-hybridized carbons (Fsp3) is 0.667. The SMILES string of the molecule is NCCCCCCCCCCCCc1ccc(N)cc1. The Morgan fingerprint density at radius 1 is 0.600 bits per heavy atom. The molecule has 2 heteroatoms. The number of nitrogens with two attached hydrogens (primary N) is 2. The van der Waals surface area contributed by atoms with Crippen LogP contribution in [0.4, 0.5) is 5.69 Å². The van der Waals surface area contributed by atoms with Gasteiger partial charge in [0, 0.05) is 5.69 Å². The molecule has 1 rings (SSSR count). The molecule has 0 unspecified atom stereocenters. The lowest BCUT2D eigenvalue weighted by molar-refractivity contribution is 0.553. The summed E-state index contributed by atoms with van der Waals surface area (Å²) in [6, 6.07) is 8.30. The van der Waals surface area contributed by atoms with Crippen molar-refractivity contribution >= 4 is 5.69 Å². The molecular weight excluding hydrogens is 244 g/mol. The van der Waals surface area contributed by atoms with Crippen molar-refractivity contribution in [3.05, 3.63) is 29.8 Å². The number of hydrogen-bond acceptors (Lipinski definition) is 2. The van der Waals surface area contributed by atoms with Gasteiger partial charge in [-0.15, -0.1) is 0 Å². The lowest BCUT2D eigenvalue weighted by Crippen LogP contribution is -1.97. The van der Waals surface area contributed by atoms with Crippen LogP contribution in [0, 0.1) is 0 Å². The molecule has 0 saturated carbocycles. The molecular formula is C18H32N2. The summed E-state index contributed by atoms with van der Waals surface area (Å²) >= 11 is 0. The first kappa shape index (κ1) is 17.0. The van der Waals surface area contributed by atoms with E-state index in [0.29, 0.717) is 0 Å². The average Bonchev–Trinajstić information content (AvgIpc) is 2.47. The predicted molar refractivity (Wildman–Crippen MR) is 89.8 cm³/mol. The highest BCUT2D eigenvalue weighted by molar-refractivity contribution is 5.39. The highest BCUT2D eigenvalue weighted by Crippen LogP contribution is 2.13. The van der Waals surface area contributed by atoms with Crippen LogP contribution in [0.3, 0.4) is 0 Å². The van der Waals surface area contributed by atoms with Crippen molar-refractivity contribution in [1.82, 2.24) is 0 Å². The quantitative estimate of drug-likeness (QED) is 0.430. The Balaban J connectivity index is 1.84. The van der Waals surface area contributed by atoms with Gasteiger partial charge in [0.05, 0.1) is 0 Å². The van der Waals surface area contributed by atoms with Crippen molar-refractivity contribution in [3.63, 3.8) is 0 Å². The second-order valence-corrected chi connectivity index (χ2v) is 5.82. The Bertz CT molecular complexity index is 319. The van der Waals surface area contributed by atoms with Gasteiger partial charge >= 0.3 is 0 Å². The van der Waals surface area contributed by atoms with E-state index in [2.05, 4.69) is 12.1 Å². The molecule has 20 heavy (non-hydrogen) atoms. The molecule has 0 atom stereocenters. The summed E-state index contributed by atoms with van der Waals surface area (Å²) in [6.07, 6.45) is 14.7. The summed E-state index contributed by atoms with van der Waals surface area (Å²) in [5.74, 6) is 0. The molecule has 0 heterocycles. The van der Waals surface area contributed by atoms with Gasteiger partial charge in [-0.05, 0) is 43.5 Å². The van der Waals surface area contributed by atoms with Gasteiger partial charge in [0.25, 0.3) is 0 Å². The first-order valence-electron chi connectivity index (χ1n) is 8.37. The molecule has 0 saturated heterocycles. The maximum Gasteiger partial charge on any atom is 0.0314 e. The van der Waals surface area contributed by atoms with Gasteiger partial charge in [0.15, 0.2) is 0 Å². The Morgan fingerprint density at radius 3 is 1.55 bits per heavy atom. The van der Waals surface area contributed by atoms with E-state index in [9.17, 15) is 0 Å². The third-order valence-corrected chi connectivity index (χ3v) is 3.90. The first-order chi connectivity index (χ1) is 9.83. The van der Waals surface area contributed by atoms with Gasteiger partial charge in [-0.2, -0.15) is 0 Å². The molecule has 0 aromatic heterocycles. The minimum absolute atomic E-state index is 0.855. The average molecular weight is 276 g/mol. The topological polar surface area (TPSA) is 52.0 Å². The van der Waals surface area contributed by atoms with Gasteiger partial charge in [-0.3, -0.25) is 0 Å². The van der Waals surface area contributed by atoms with Gasteiger partial charge in [0.2, 0.25) is 0 Å². The van der Waals surface area contributed by atoms with Crippen molar-refractivity contribution in [1.29, 1.82) is 0 Å². The number of benzene rings is 1. The van der Waals surface area contributed by atoms with Gasteiger partial charge in [-0.25, -0.2) is 0 Å². The molecule has 1 aromatic rings. The fourth-order valence-corrected chi connectivity index (χ4v) is 2.57. The second kappa shape index (κ2) is 11.8. The molecule has 0 radical (unpaired) electrons. The van der Waals surface area contributed by atoms with Gasteiger partial charge < -0.3 is 11.5 Å². The highest BCUT2D eigenvalue weighted by atomic mass is 14.5. The van der Waals surface area contributed by atoms with E-state index in [1.54, 1.807) is 0 Å². The monoisotopic (exact) mass is 276 g/mol. The van der Waals surface area contributed by atoms with Crippen LogP contribution in [0.15, 0.2) is 24.3 Å². The molecule has 4 N–H and O–H groups in total. The number of nitrogen functional groups attached to an aromatic ring is 1. The van der Waals surface area contributed by atoms with E-state index >= 15 is 0 Å². The van der Waals surface area contributed by atoms with Crippen molar-refractivity contribution in [2.45, 2.75) is 70.6 Å². The molecule has 0 fully saturated rings. The van der Waals surface area contributed by atoms with E-state index in [0.717, 1.165) is 12.2 Å². The summed E-state index contributed by atoms with van der Waals surface area (Å²) in [5, 5.41) is 0. The van der Waals surface area contributed by atoms with Crippen LogP contribution < -0.4 is 11.5 Å². The van der Waals surface area contributed by atoms with Gasteiger partial charge in [-0.1, -0.05) is 63.5 Å². The maximum atomic E-state index is 5.68. The van der Waals surface area contributed by atoms with Crippen LogP contribution >= 0.6 is 0 Å². The molecule has 0 aliphatic rings. The van der Waals surface area contributed by atoms with E-state index in [1.807, 2.05) is 12.1 Å². The highest BCUT2D eigenvalue weighted by Gasteiger charge is 1.95. The number of anilines is 1. The molecule has 0 spiro atoms. The standard InChI is InChI=1S/C18H32N2/c19-16-10-8-6-4-2-1-3-5-7-9-11-17-12-14-18(20)15-13-17/h12-15H,1-11,16,19-20H2. The van der Waals surface area contributed by atoms with E-state index in [1.165, 1.54) is 76.2 Å². The lowest BCUT2D eigenvalue weighted by atomic mass is 10.0. The second-order valence-electron chi connectivity index (χ2n) is 5.82. The molecule has 0 aliphatic heterocycles. The number of unbranched alkanes of at least 4 members (excludes halogenated alkanes) is 9. The zero-order chi connectivity index (χ0) is 14.5. The first-order valence-corrected chi connectivity index (χ1v) is 8.37. The number of rotatable bonds is 12. The largest absolute Gasteiger partial charge is 0.399 e. The smallest absolute Gasteiger partial charge is 0.0314 e. The van der Waals surface area contributed by atoms with Crippen LogP contribution in [-0.4, -0.2) is 6.54 Å². The van der Waals surface area contributed by atoms with E-state index in [-0.39, 0.29) is 0 Å². The van der Waals surface area contributed by atoms with Gasteiger partial charge in [0.1, 0.15) is 0 Å². The maximum absolute atomic E-state index is 5.68. The Kier molecular flexibility index (Phi) is 10.0. The predicted octanol–water partition coefficient (Wildman–Crippen LogP) is 4.67. The summed E-state index contributed by atoms with van der Waals surface area (Å²) in [4.78, 5) is 0. The summed E-state index contributed by atoms with van der Waals surface area (Å²) < 4.78 is 0. The van der Waals surface area contributed by atoms with Crippen molar-refractivity contribution in [3.8, 4) is 0 Å². The van der Waals surface area contributed by atoms with Crippen LogP contribution in [-0.2, 0) is 6.42 Å². The molecule has 0 aliphatic carbocycles. The molecule has 1 aromatic carbocycles. The molecule has 0 amide bonds. The Hall–Kier alpha value is -1.02. The molecule has 114 valence electrons. The van der Waals surface area contributed by atoms with Crippen molar-refractivity contribution < 1.29 is 0 Å². The third-order valence-electron chi connectivity index (χ3n) is 3.90.